The Morgan fingerprint density at radius 3 is 1.56 bits per heavy atom. The van der Waals surface area contributed by atoms with Gasteiger partial charge < -0.3 is 9.47 Å². The largest absolute Gasteiger partial charge is 0.494 e. The fraction of sp³-hybridized carbons (Fsp3) is 0.368. The Labute approximate surface area is 251 Å². The minimum Gasteiger partial charge on any atom is -0.494 e. The fourth-order valence-corrected chi connectivity index (χ4v) is 5.42. The van der Waals surface area contributed by atoms with E-state index in [4.69, 9.17) is 9.47 Å². The van der Waals surface area contributed by atoms with Crippen molar-refractivity contribution in [2.45, 2.75) is 78.1 Å². The molecular formula is C38H42O2S. The van der Waals surface area contributed by atoms with Gasteiger partial charge in [-0.2, -0.15) is 0 Å². The molecule has 4 aromatic rings. The van der Waals surface area contributed by atoms with Crippen molar-refractivity contribution >= 4 is 21.4 Å². The summed E-state index contributed by atoms with van der Waals surface area (Å²) in [4.78, 5) is 1.05. The zero-order valence-corrected chi connectivity index (χ0v) is 25.5. The summed E-state index contributed by atoms with van der Waals surface area (Å²) in [6, 6.07) is 24.7. The number of unbranched alkanes of at least 4 members (excludes halogenated alkanes) is 8. The van der Waals surface area contributed by atoms with E-state index in [1.165, 1.54) is 61.5 Å². The molecule has 0 saturated heterocycles. The highest BCUT2D eigenvalue weighted by molar-refractivity contribution is 7.19. The van der Waals surface area contributed by atoms with Crippen molar-refractivity contribution in [1.82, 2.24) is 0 Å². The molecule has 0 fully saturated rings. The minimum absolute atomic E-state index is 0.780. The molecule has 4 rings (SSSR count). The summed E-state index contributed by atoms with van der Waals surface area (Å²) in [5.74, 6) is 15.1. The molecule has 0 aliphatic rings. The van der Waals surface area contributed by atoms with Crippen molar-refractivity contribution in [2.24, 2.45) is 0 Å². The first-order chi connectivity index (χ1) is 20.2. The van der Waals surface area contributed by atoms with Crippen LogP contribution in [0.15, 0.2) is 72.8 Å². The molecule has 0 N–H and O–H groups in total. The summed E-state index contributed by atoms with van der Waals surface area (Å²) >= 11 is 1.71. The Kier molecular flexibility index (Phi) is 12.7. The van der Waals surface area contributed by atoms with Crippen LogP contribution in [0.2, 0.25) is 0 Å². The van der Waals surface area contributed by atoms with Crippen LogP contribution in [0.3, 0.4) is 0 Å². The summed E-state index contributed by atoms with van der Waals surface area (Å²) in [7, 11) is 0. The third-order valence-corrected chi connectivity index (χ3v) is 7.97. The number of fused-ring (bicyclic) bond motifs is 1. The molecule has 1 aromatic heterocycles. The van der Waals surface area contributed by atoms with Crippen LogP contribution in [0.5, 0.6) is 11.5 Å². The van der Waals surface area contributed by atoms with E-state index in [1.54, 1.807) is 11.3 Å². The van der Waals surface area contributed by atoms with Gasteiger partial charge in [-0.15, -0.1) is 11.3 Å². The molecule has 212 valence electrons. The molecule has 0 unspecified atom stereocenters. The van der Waals surface area contributed by atoms with Gasteiger partial charge in [-0.25, -0.2) is 0 Å². The lowest BCUT2D eigenvalue weighted by Gasteiger charge is -2.05. The first kappa shape index (κ1) is 30.3. The molecule has 0 radical (unpaired) electrons. The van der Waals surface area contributed by atoms with Crippen molar-refractivity contribution < 1.29 is 9.47 Å². The van der Waals surface area contributed by atoms with Crippen LogP contribution in [0, 0.1) is 23.7 Å². The van der Waals surface area contributed by atoms with Gasteiger partial charge in [-0.3, -0.25) is 0 Å². The lowest BCUT2D eigenvalue weighted by Crippen LogP contribution is -1.97. The van der Waals surface area contributed by atoms with E-state index in [2.05, 4.69) is 61.8 Å². The van der Waals surface area contributed by atoms with Gasteiger partial charge >= 0.3 is 0 Å². The van der Waals surface area contributed by atoms with Gasteiger partial charge in [0.15, 0.2) is 0 Å². The average Bonchev–Trinajstić information content (AvgIpc) is 3.42. The highest BCUT2D eigenvalue weighted by Crippen LogP contribution is 2.26. The summed E-state index contributed by atoms with van der Waals surface area (Å²) in [5, 5.41) is 1.18. The van der Waals surface area contributed by atoms with Gasteiger partial charge in [0, 0.05) is 21.4 Å². The van der Waals surface area contributed by atoms with E-state index < -0.39 is 0 Å². The Balaban J connectivity index is 1.28. The number of hydrogen-bond acceptors (Lipinski definition) is 3. The normalized spacial score (nSPS) is 10.5. The van der Waals surface area contributed by atoms with Crippen molar-refractivity contribution in [3.8, 4) is 35.2 Å². The first-order valence-corrected chi connectivity index (χ1v) is 16.1. The van der Waals surface area contributed by atoms with Crippen LogP contribution in [-0.4, -0.2) is 13.2 Å². The molecule has 0 bridgehead atoms. The SMILES string of the molecule is CCCCCCCOc1ccc(C#Cc2ccc3sc(C#Cc4ccc(OCCCCCCC)cc4)cc3c2)cc1. The highest BCUT2D eigenvalue weighted by atomic mass is 32.1. The van der Waals surface area contributed by atoms with Crippen LogP contribution >= 0.6 is 11.3 Å². The predicted molar refractivity (Wildman–Crippen MR) is 175 cm³/mol. The van der Waals surface area contributed by atoms with Gasteiger partial charge in [-0.05, 0) is 91.0 Å². The second-order valence-corrected chi connectivity index (χ2v) is 11.5. The van der Waals surface area contributed by atoms with Gasteiger partial charge in [0.25, 0.3) is 0 Å². The number of ether oxygens (including phenoxy) is 2. The summed E-state index contributed by atoms with van der Waals surface area (Å²) in [6.45, 7) is 6.04. The molecule has 0 atom stereocenters. The molecule has 1 heterocycles. The lowest BCUT2D eigenvalue weighted by atomic mass is 10.1. The zero-order chi connectivity index (χ0) is 28.5. The Hall–Kier alpha value is -3.66. The van der Waals surface area contributed by atoms with Gasteiger partial charge in [0.1, 0.15) is 11.5 Å². The number of rotatable bonds is 14. The second kappa shape index (κ2) is 17.2. The molecule has 3 aromatic carbocycles. The van der Waals surface area contributed by atoms with Crippen LogP contribution in [0.4, 0.5) is 0 Å². The van der Waals surface area contributed by atoms with E-state index in [1.807, 2.05) is 48.5 Å². The van der Waals surface area contributed by atoms with Crippen molar-refractivity contribution in [2.75, 3.05) is 13.2 Å². The summed E-state index contributed by atoms with van der Waals surface area (Å²) in [5.41, 5.74) is 2.98. The topological polar surface area (TPSA) is 18.5 Å². The van der Waals surface area contributed by atoms with E-state index >= 15 is 0 Å². The van der Waals surface area contributed by atoms with E-state index in [-0.39, 0.29) is 0 Å². The summed E-state index contributed by atoms with van der Waals surface area (Å²) in [6.07, 6.45) is 12.5. The Morgan fingerprint density at radius 2 is 1.00 bits per heavy atom. The number of thiophene rings is 1. The van der Waals surface area contributed by atoms with Crippen molar-refractivity contribution in [3.05, 3.63) is 94.4 Å². The molecule has 0 spiro atoms. The van der Waals surface area contributed by atoms with Crippen LogP contribution in [0.25, 0.3) is 10.1 Å². The lowest BCUT2D eigenvalue weighted by molar-refractivity contribution is 0.304. The minimum atomic E-state index is 0.780. The van der Waals surface area contributed by atoms with Crippen LogP contribution in [-0.2, 0) is 0 Å². The molecule has 41 heavy (non-hydrogen) atoms. The van der Waals surface area contributed by atoms with E-state index in [0.29, 0.717) is 0 Å². The number of hydrogen-bond donors (Lipinski definition) is 0. The highest BCUT2D eigenvalue weighted by Gasteiger charge is 2.01. The fourth-order valence-electron chi connectivity index (χ4n) is 4.52. The molecule has 0 amide bonds. The molecular weight excluding hydrogens is 520 g/mol. The zero-order valence-electron chi connectivity index (χ0n) is 24.6. The first-order valence-electron chi connectivity index (χ1n) is 15.3. The smallest absolute Gasteiger partial charge is 0.119 e. The standard InChI is InChI=1S/C38H42O2S/c1-3-5-7-9-11-27-39-35-21-15-31(16-22-35)13-14-33-20-26-38-34(29-33)30-37(41-38)25-19-32-17-23-36(24-18-32)40-28-12-10-8-6-4-2/h15-18,20-24,26,29-30H,3-12,27-28H2,1-2H3. The van der Waals surface area contributed by atoms with Crippen LogP contribution < -0.4 is 9.47 Å². The Bertz CT molecular complexity index is 1380. The molecule has 2 nitrogen and oxygen atoms in total. The third-order valence-electron chi connectivity index (χ3n) is 6.94. The second-order valence-electron chi connectivity index (χ2n) is 10.4. The van der Waals surface area contributed by atoms with Crippen LogP contribution in [0.1, 0.15) is 99.6 Å². The predicted octanol–water partition coefficient (Wildman–Crippen LogP) is 10.4. The number of benzene rings is 3. The maximum Gasteiger partial charge on any atom is 0.119 e. The average molecular weight is 563 g/mol. The molecule has 3 heteroatoms. The third kappa shape index (κ3) is 10.7. The van der Waals surface area contributed by atoms with E-state index in [0.717, 1.165) is 59.1 Å². The van der Waals surface area contributed by atoms with E-state index in [9.17, 15) is 0 Å². The Morgan fingerprint density at radius 1 is 0.512 bits per heavy atom. The van der Waals surface area contributed by atoms with Crippen molar-refractivity contribution in [3.63, 3.8) is 0 Å². The van der Waals surface area contributed by atoms with Gasteiger partial charge in [0.2, 0.25) is 0 Å². The summed E-state index contributed by atoms with van der Waals surface area (Å²) < 4.78 is 13.0. The van der Waals surface area contributed by atoms with Gasteiger partial charge in [-0.1, -0.05) is 88.9 Å². The molecule has 0 aliphatic carbocycles. The molecule has 0 saturated carbocycles. The maximum absolute atomic E-state index is 5.87. The monoisotopic (exact) mass is 562 g/mol. The van der Waals surface area contributed by atoms with Gasteiger partial charge in [0.05, 0.1) is 18.1 Å². The maximum atomic E-state index is 5.87. The van der Waals surface area contributed by atoms with Crippen molar-refractivity contribution in [1.29, 1.82) is 0 Å². The quantitative estimate of drug-likeness (QED) is 0.112. The molecule has 0 aliphatic heterocycles.